The van der Waals surface area contributed by atoms with Gasteiger partial charge < -0.3 is 0 Å². The average molecular weight is 165 g/mol. The van der Waals surface area contributed by atoms with Crippen molar-refractivity contribution < 1.29 is 0 Å². The summed E-state index contributed by atoms with van der Waals surface area (Å²) < 4.78 is 0. The molecule has 0 atom stereocenters. The molecule has 12 heavy (non-hydrogen) atoms. The molecule has 68 valence electrons. The van der Waals surface area contributed by atoms with Crippen LogP contribution in [0.25, 0.3) is 0 Å². The van der Waals surface area contributed by atoms with Gasteiger partial charge in [-0.3, -0.25) is 4.99 Å². The van der Waals surface area contributed by atoms with Crippen molar-refractivity contribution in [3.8, 4) is 0 Å². The quantitative estimate of drug-likeness (QED) is 0.447. The highest BCUT2D eigenvalue weighted by Crippen LogP contribution is 2.16. The van der Waals surface area contributed by atoms with E-state index in [1.807, 2.05) is 26.8 Å². The van der Waals surface area contributed by atoms with E-state index in [2.05, 4.69) is 25.4 Å². The van der Waals surface area contributed by atoms with Crippen molar-refractivity contribution in [3.63, 3.8) is 0 Å². The number of nitrogens with zero attached hydrogens (tertiary/aromatic N) is 1. The lowest BCUT2D eigenvalue weighted by molar-refractivity contribution is 0.778. The van der Waals surface area contributed by atoms with Crippen LogP contribution in [-0.2, 0) is 0 Å². The highest BCUT2D eigenvalue weighted by molar-refractivity contribution is 5.80. The van der Waals surface area contributed by atoms with Gasteiger partial charge in [-0.05, 0) is 32.3 Å². The second kappa shape index (κ2) is 4.91. The molecule has 0 fully saturated rings. The summed E-state index contributed by atoms with van der Waals surface area (Å²) in [6.07, 6.45) is 1.90. The van der Waals surface area contributed by atoms with Gasteiger partial charge in [0.1, 0.15) is 0 Å². The van der Waals surface area contributed by atoms with Gasteiger partial charge in [0.15, 0.2) is 0 Å². The zero-order valence-corrected chi connectivity index (χ0v) is 8.81. The van der Waals surface area contributed by atoms with E-state index in [0.717, 1.165) is 11.4 Å². The van der Waals surface area contributed by atoms with Crippen LogP contribution in [0.15, 0.2) is 28.9 Å². The molecule has 0 aliphatic carbocycles. The van der Waals surface area contributed by atoms with Gasteiger partial charge in [-0.25, -0.2) is 0 Å². The fraction of sp³-hybridized carbons (Fsp3) is 0.545. The van der Waals surface area contributed by atoms with Gasteiger partial charge >= 0.3 is 0 Å². The van der Waals surface area contributed by atoms with Crippen LogP contribution in [0.4, 0.5) is 0 Å². The Bertz CT molecular complexity index is 215. The Morgan fingerprint density at radius 3 is 2.00 bits per heavy atom. The Labute approximate surface area is 75.9 Å². The molecular weight excluding hydrogens is 146 g/mol. The molecule has 0 saturated carbocycles. The first-order chi connectivity index (χ1) is 5.49. The number of aliphatic imine (C=N–C) groups is 1. The van der Waals surface area contributed by atoms with Crippen molar-refractivity contribution >= 4 is 5.71 Å². The molecule has 0 aromatic heterocycles. The third kappa shape index (κ3) is 3.51. The molecule has 0 N–H and O–H groups in total. The molecule has 0 aliphatic heterocycles. The Hall–Kier alpha value is -0.850. The smallest absolute Gasteiger partial charge is 0.0406 e. The lowest BCUT2D eigenvalue weighted by Gasteiger charge is -2.08. The van der Waals surface area contributed by atoms with E-state index in [1.165, 1.54) is 5.57 Å². The molecule has 0 heterocycles. The number of rotatable bonds is 3. The third-order valence-electron chi connectivity index (χ3n) is 1.65. The van der Waals surface area contributed by atoms with Gasteiger partial charge in [-0.1, -0.05) is 26.5 Å². The van der Waals surface area contributed by atoms with Crippen molar-refractivity contribution in [1.82, 2.24) is 0 Å². The summed E-state index contributed by atoms with van der Waals surface area (Å²) in [5.41, 5.74) is 3.41. The Morgan fingerprint density at radius 2 is 1.75 bits per heavy atom. The molecule has 0 spiro atoms. The average Bonchev–Trinajstić information content (AvgIpc) is 1.85. The minimum atomic E-state index is 0.505. The van der Waals surface area contributed by atoms with E-state index in [0.29, 0.717) is 5.92 Å². The molecule has 0 aromatic carbocycles. The Kier molecular flexibility index (Phi) is 4.57. The number of hydrogen-bond acceptors (Lipinski definition) is 1. The molecule has 1 nitrogen and oxygen atoms in total. The summed E-state index contributed by atoms with van der Waals surface area (Å²) in [6.45, 7) is 14.1. The Morgan fingerprint density at radius 1 is 1.25 bits per heavy atom. The van der Waals surface area contributed by atoms with Crippen LogP contribution in [0.2, 0.25) is 0 Å². The summed E-state index contributed by atoms with van der Waals surface area (Å²) in [5, 5.41) is 0. The fourth-order valence-corrected chi connectivity index (χ4v) is 1.20. The van der Waals surface area contributed by atoms with Crippen LogP contribution in [0.1, 0.15) is 34.6 Å². The molecular formula is C11H19N. The van der Waals surface area contributed by atoms with E-state index in [-0.39, 0.29) is 0 Å². The van der Waals surface area contributed by atoms with E-state index >= 15 is 0 Å². The predicted molar refractivity (Wildman–Crippen MR) is 56.5 cm³/mol. The largest absolute Gasteiger partial charge is 0.263 e. The SMILES string of the molecule is C=C/C(=C(/C)N=C(C)C)C(C)C. The molecule has 0 unspecified atom stereocenters. The molecule has 0 saturated heterocycles. The second-order valence-electron chi connectivity index (χ2n) is 3.46. The molecule has 1 heteroatoms. The summed E-state index contributed by atoms with van der Waals surface area (Å²) in [5.74, 6) is 0.505. The first-order valence-corrected chi connectivity index (χ1v) is 4.34. The van der Waals surface area contributed by atoms with E-state index in [4.69, 9.17) is 0 Å². The zero-order chi connectivity index (χ0) is 9.72. The summed E-state index contributed by atoms with van der Waals surface area (Å²) in [4.78, 5) is 4.39. The van der Waals surface area contributed by atoms with Crippen LogP contribution in [-0.4, -0.2) is 5.71 Å². The van der Waals surface area contributed by atoms with Crippen molar-refractivity contribution in [2.24, 2.45) is 10.9 Å². The van der Waals surface area contributed by atoms with Gasteiger partial charge in [0, 0.05) is 11.4 Å². The van der Waals surface area contributed by atoms with Crippen LogP contribution in [0, 0.1) is 5.92 Å². The minimum Gasteiger partial charge on any atom is -0.263 e. The summed E-state index contributed by atoms with van der Waals surface area (Å²) in [7, 11) is 0. The standard InChI is InChI=1S/C11H19N/c1-7-11(8(2)3)10(6)12-9(4)5/h7-8H,1H2,2-6H3/b11-10+. The maximum absolute atomic E-state index is 4.39. The number of hydrogen-bond donors (Lipinski definition) is 0. The second-order valence-corrected chi connectivity index (χ2v) is 3.46. The van der Waals surface area contributed by atoms with E-state index in [9.17, 15) is 0 Å². The monoisotopic (exact) mass is 165 g/mol. The predicted octanol–water partition coefficient (Wildman–Crippen LogP) is 3.58. The minimum absolute atomic E-state index is 0.505. The highest BCUT2D eigenvalue weighted by atomic mass is 14.7. The molecule has 0 aliphatic rings. The van der Waals surface area contributed by atoms with Gasteiger partial charge in [0.05, 0.1) is 0 Å². The summed E-state index contributed by atoms with van der Waals surface area (Å²) in [6, 6.07) is 0. The maximum atomic E-state index is 4.39. The zero-order valence-electron chi connectivity index (χ0n) is 8.81. The number of allylic oxidation sites excluding steroid dienone is 3. The topological polar surface area (TPSA) is 12.4 Å². The highest BCUT2D eigenvalue weighted by Gasteiger charge is 2.01. The summed E-state index contributed by atoms with van der Waals surface area (Å²) >= 11 is 0. The van der Waals surface area contributed by atoms with Crippen LogP contribution in [0.5, 0.6) is 0 Å². The normalized spacial score (nSPS) is 12.5. The molecule has 0 bridgehead atoms. The van der Waals surface area contributed by atoms with Gasteiger partial charge in [-0.15, -0.1) is 0 Å². The third-order valence-corrected chi connectivity index (χ3v) is 1.65. The van der Waals surface area contributed by atoms with Crippen LogP contribution < -0.4 is 0 Å². The van der Waals surface area contributed by atoms with Crippen LogP contribution in [0.3, 0.4) is 0 Å². The molecule has 0 aromatic rings. The lowest BCUT2D eigenvalue weighted by atomic mass is 10.0. The van der Waals surface area contributed by atoms with Crippen LogP contribution >= 0.6 is 0 Å². The van der Waals surface area contributed by atoms with Gasteiger partial charge in [0.2, 0.25) is 0 Å². The van der Waals surface area contributed by atoms with Crippen molar-refractivity contribution in [1.29, 1.82) is 0 Å². The van der Waals surface area contributed by atoms with E-state index < -0.39 is 0 Å². The van der Waals surface area contributed by atoms with Crippen molar-refractivity contribution in [2.45, 2.75) is 34.6 Å². The first-order valence-electron chi connectivity index (χ1n) is 4.34. The van der Waals surface area contributed by atoms with E-state index in [1.54, 1.807) is 0 Å². The Balaban J connectivity index is 4.85. The molecule has 0 amide bonds. The van der Waals surface area contributed by atoms with Crippen molar-refractivity contribution in [3.05, 3.63) is 23.9 Å². The first kappa shape index (κ1) is 11.2. The van der Waals surface area contributed by atoms with Crippen molar-refractivity contribution in [2.75, 3.05) is 0 Å². The molecule has 0 radical (unpaired) electrons. The van der Waals surface area contributed by atoms with Gasteiger partial charge in [-0.2, -0.15) is 0 Å². The lowest BCUT2D eigenvalue weighted by Crippen LogP contribution is -1.94. The van der Waals surface area contributed by atoms with Gasteiger partial charge in [0.25, 0.3) is 0 Å². The molecule has 0 rings (SSSR count). The fourth-order valence-electron chi connectivity index (χ4n) is 1.20. The maximum Gasteiger partial charge on any atom is 0.0406 e.